The molecule has 0 N–H and O–H groups in total. The van der Waals surface area contributed by atoms with Crippen LogP contribution in [0, 0.1) is 0 Å². The van der Waals surface area contributed by atoms with Gasteiger partial charge in [0, 0.05) is 22.5 Å². The summed E-state index contributed by atoms with van der Waals surface area (Å²) in [5.74, 6) is 0. The van der Waals surface area contributed by atoms with E-state index in [-0.39, 0.29) is 5.41 Å². The van der Waals surface area contributed by atoms with Crippen LogP contribution in [-0.2, 0) is 5.41 Å². The van der Waals surface area contributed by atoms with Crippen LogP contribution in [0.2, 0.25) is 0 Å². The van der Waals surface area contributed by atoms with Gasteiger partial charge in [0.1, 0.15) is 0 Å². The summed E-state index contributed by atoms with van der Waals surface area (Å²) in [5.41, 5.74) is 18.4. The maximum Gasteiger partial charge on any atom is 0.0467 e. The predicted molar refractivity (Wildman–Crippen MR) is 238 cm³/mol. The Bertz CT molecular complexity index is 2850. The average Bonchev–Trinajstić information content (AvgIpc) is 3.50. The molecule has 10 rings (SSSR count). The van der Waals surface area contributed by atoms with Crippen LogP contribution >= 0.6 is 0 Å². The first-order valence-electron chi connectivity index (χ1n) is 19.5. The van der Waals surface area contributed by atoms with Crippen molar-refractivity contribution in [2.45, 2.75) is 19.3 Å². The van der Waals surface area contributed by atoms with Gasteiger partial charge in [0.05, 0.1) is 0 Å². The Morgan fingerprint density at radius 1 is 0.321 bits per heavy atom. The minimum atomic E-state index is -0.175. The number of hydrogen-bond acceptors (Lipinski definition) is 1. The molecule has 0 aromatic heterocycles. The van der Waals surface area contributed by atoms with Crippen molar-refractivity contribution in [2.24, 2.45) is 0 Å². The Labute approximate surface area is 329 Å². The summed E-state index contributed by atoms with van der Waals surface area (Å²) in [4.78, 5) is 2.43. The number of fused-ring (bicyclic) bond motifs is 4. The zero-order chi connectivity index (χ0) is 37.6. The van der Waals surface area contributed by atoms with Gasteiger partial charge in [-0.25, -0.2) is 0 Å². The third kappa shape index (κ3) is 5.72. The minimum Gasteiger partial charge on any atom is -0.310 e. The molecular formula is C55H41N. The van der Waals surface area contributed by atoms with Crippen LogP contribution < -0.4 is 4.90 Å². The smallest absolute Gasteiger partial charge is 0.0467 e. The van der Waals surface area contributed by atoms with E-state index < -0.39 is 0 Å². The summed E-state index contributed by atoms with van der Waals surface area (Å²) >= 11 is 0. The molecule has 0 atom stereocenters. The van der Waals surface area contributed by atoms with Gasteiger partial charge in [-0.15, -0.1) is 0 Å². The van der Waals surface area contributed by atoms with E-state index in [1.54, 1.807) is 0 Å². The molecule has 0 radical (unpaired) electrons. The molecule has 1 aliphatic carbocycles. The molecular weight excluding hydrogens is 675 g/mol. The molecule has 0 aliphatic heterocycles. The highest BCUT2D eigenvalue weighted by molar-refractivity contribution is 6.04. The van der Waals surface area contributed by atoms with Gasteiger partial charge >= 0.3 is 0 Å². The van der Waals surface area contributed by atoms with E-state index in [0.717, 1.165) is 17.1 Å². The Kier molecular flexibility index (Phi) is 8.23. The molecule has 0 spiro atoms. The van der Waals surface area contributed by atoms with Gasteiger partial charge in [-0.1, -0.05) is 190 Å². The van der Waals surface area contributed by atoms with Crippen LogP contribution in [0.15, 0.2) is 212 Å². The number of rotatable bonds is 7. The fourth-order valence-electron chi connectivity index (χ4n) is 8.89. The molecule has 266 valence electrons. The largest absolute Gasteiger partial charge is 0.310 e. The lowest BCUT2D eigenvalue weighted by Crippen LogP contribution is -2.16. The summed E-state index contributed by atoms with van der Waals surface area (Å²) in [6.45, 7) is 4.75. The van der Waals surface area contributed by atoms with E-state index in [9.17, 15) is 0 Å². The topological polar surface area (TPSA) is 3.24 Å². The molecule has 1 nitrogen and oxygen atoms in total. The monoisotopic (exact) mass is 715 g/mol. The zero-order valence-electron chi connectivity index (χ0n) is 31.7. The first kappa shape index (κ1) is 33.6. The fourth-order valence-corrected chi connectivity index (χ4v) is 8.89. The highest BCUT2D eigenvalue weighted by Gasteiger charge is 2.37. The first-order valence-corrected chi connectivity index (χ1v) is 19.5. The molecule has 0 fully saturated rings. The third-order valence-corrected chi connectivity index (χ3v) is 11.7. The Morgan fingerprint density at radius 2 is 0.875 bits per heavy atom. The number of anilines is 3. The first-order chi connectivity index (χ1) is 27.5. The van der Waals surface area contributed by atoms with Crippen molar-refractivity contribution in [1.82, 2.24) is 0 Å². The van der Waals surface area contributed by atoms with E-state index in [2.05, 4.69) is 231 Å². The number of benzene rings is 9. The van der Waals surface area contributed by atoms with E-state index in [1.807, 2.05) is 0 Å². The van der Waals surface area contributed by atoms with Crippen LogP contribution in [0.25, 0.3) is 66.4 Å². The van der Waals surface area contributed by atoms with Crippen molar-refractivity contribution in [3.05, 3.63) is 223 Å². The van der Waals surface area contributed by atoms with Gasteiger partial charge in [0.25, 0.3) is 0 Å². The summed E-state index contributed by atoms with van der Waals surface area (Å²) in [7, 11) is 0. The molecule has 0 heterocycles. The Balaban J connectivity index is 1.15. The molecule has 0 unspecified atom stereocenters. The van der Waals surface area contributed by atoms with Crippen molar-refractivity contribution < 1.29 is 0 Å². The molecule has 0 bridgehead atoms. The average molecular weight is 716 g/mol. The van der Waals surface area contributed by atoms with Gasteiger partial charge in [-0.05, 0) is 114 Å². The molecule has 9 aromatic rings. The summed E-state index contributed by atoms with van der Waals surface area (Å²) < 4.78 is 0. The van der Waals surface area contributed by atoms with E-state index >= 15 is 0 Å². The minimum absolute atomic E-state index is 0.175. The van der Waals surface area contributed by atoms with Crippen molar-refractivity contribution in [3.8, 4) is 55.6 Å². The fraction of sp³-hybridized carbons (Fsp3) is 0.0545. The van der Waals surface area contributed by atoms with Crippen molar-refractivity contribution in [2.75, 3.05) is 4.90 Å². The molecule has 9 aromatic carbocycles. The molecule has 1 aliphatic rings. The van der Waals surface area contributed by atoms with Gasteiger partial charge in [-0.2, -0.15) is 0 Å². The summed E-state index contributed by atoms with van der Waals surface area (Å²) in [5, 5.41) is 2.49. The lowest BCUT2D eigenvalue weighted by Gasteiger charge is -2.29. The van der Waals surface area contributed by atoms with Crippen LogP contribution in [0.1, 0.15) is 25.0 Å². The molecule has 0 saturated carbocycles. The van der Waals surface area contributed by atoms with E-state index in [0.29, 0.717) is 0 Å². The molecule has 0 saturated heterocycles. The second-order valence-electron chi connectivity index (χ2n) is 15.3. The van der Waals surface area contributed by atoms with Crippen LogP contribution in [-0.4, -0.2) is 0 Å². The van der Waals surface area contributed by atoms with Gasteiger partial charge in [0.15, 0.2) is 0 Å². The Hall–Kier alpha value is -6.96. The maximum atomic E-state index is 2.44. The standard InChI is InChI=1S/C55H41N/c1-55(2)51-27-15-26-48(40-18-8-4-9-19-40)54(51)50-35-33-46(37-52(50)55)56(44-31-28-39(29-32-44)38-16-6-3-7-17-38)45-24-14-23-43(36-45)49-34-30-41-20-12-13-25-47(41)53(49)42-21-10-5-11-22-42/h3-37H,1-2H3. The van der Waals surface area contributed by atoms with Gasteiger partial charge in [-0.3, -0.25) is 0 Å². The summed E-state index contributed by atoms with van der Waals surface area (Å²) in [6.07, 6.45) is 0. The Morgan fingerprint density at radius 3 is 1.62 bits per heavy atom. The predicted octanol–water partition coefficient (Wildman–Crippen LogP) is 15.3. The normalized spacial score (nSPS) is 12.6. The molecule has 1 heteroatoms. The molecule has 0 amide bonds. The van der Waals surface area contributed by atoms with Crippen molar-refractivity contribution >= 4 is 27.8 Å². The maximum absolute atomic E-state index is 2.44. The third-order valence-electron chi connectivity index (χ3n) is 11.7. The summed E-state index contributed by atoms with van der Waals surface area (Å²) in [6, 6.07) is 77.5. The van der Waals surface area contributed by atoms with Crippen molar-refractivity contribution in [3.63, 3.8) is 0 Å². The van der Waals surface area contributed by atoms with Crippen LogP contribution in [0.5, 0.6) is 0 Å². The quantitative estimate of drug-likeness (QED) is 0.159. The lowest BCUT2D eigenvalue weighted by molar-refractivity contribution is 0.660. The zero-order valence-corrected chi connectivity index (χ0v) is 31.7. The van der Waals surface area contributed by atoms with Gasteiger partial charge in [0.2, 0.25) is 0 Å². The molecule has 56 heavy (non-hydrogen) atoms. The van der Waals surface area contributed by atoms with Crippen LogP contribution in [0.4, 0.5) is 17.1 Å². The lowest BCUT2D eigenvalue weighted by atomic mass is 9.81. The number of nitrogens with zero attached hydrogens (tertiary/aromatic N) is 1. The second kappa shape index (κ2) is 13.7. The SMILES string of the molecule is CC1(C)c2cc(N(c3ccc(-c4ccccc4)cc3)c3cccc(-c4ccc5ccccc5c4-c4ccccc4)c3)ccc2-c2c(-c3ccccc3)cccc21. The second-order valence-corrected chi connectivity index (χ2v) is 15.3. The highest BCUT2D eigenvalue weighted by atomic mass is 15.1. The van der Waals surface area contributed by atoms with Gasteiger partial charge < -0.3 is 4.90 Å². The van der Waals surface area contributed by atoms with Crippen LogP contribution in [0.3, 0.4) is 0 Å². The van der Waals surface area contributed by atoms with E-state index in [1.165, 1.54) is 77.5 Å². The van der Waals surface area contributed by atoms with Crippen molar-refractivity contribution in [1.29, 1.82) is 0 Å². The number of hydrogen-bond donors (Lipinski definition) is 0. The highest BCUT2D eigenvalue weighted by Crippen LogP contribution is 2.54. The van der Waals surface area contributed by atoms with E-state index in [4.69, 9.17) is 0 Å².